The van der Waals surface area contributed by atoms with Crippen molar-refractivity contribution in [2.24, 2.45) is 0 Å². The Hall–Kier alpha value is -3.47. The monoisotopic (exact) mass is 363 g/mol. The molecule has 0 atom stereocenters. The Labute approximate surface area is 158 Å². The van der Waals surface area contributed by atoms with Crippen LogP contribution in [-0.2, 0) is 11.3 Å². The van der Waals surface area contributed by atoms with Gasteiger partial charge in [0.05, 0.1) is 26.5 Å². The summed E-state index contributed by atoms with van der Waals surface area (Å²) in [5.74, 6) is 0.985. The number of anilines is 1. The van der Waals surface area contributed by atoms with E-state index in [0.717, 1.165) is 17.5 Å². The molecule has 138 valence electrons. The Morgan fingerprint density at radius 1 is 0.889 bits per heavy atom. The Kier molecular flexibility index (Phi) is 5.61. The number of carbonyl (C=O) groups excluding carboxylic acids is 1. The number of carbonyl (C=O) groups is 1. The normalized spacial score (nSPS) is 10.3. The number of ether oxygens (including phenoxy) is 2. The molecule has 0 spiro atoms. The van der Waals surface area contributed by atoms with Crippen molar-refractivity contribution in [2.75, 3.05) is 19.1 Å². The number of aromatic hydroxyl groups is 1. The second kappa shape index (κ2) is 8.27. The molecule has 5 heteroatoms. The number of rotatable bonds is 7. The molecule has 0 unspecified atom stereocenters. The molecule has 3 aromatic carbocycles. The van der Waals surface area contributed by atoms with Gasteiger partial charge in [0.15, 0.2) is 11.5 Å². The highest BCUT2D eigenvalue weighted by atomic mass is 16.5. The molecule has 0 aliphatic carbocycles. The van der Waals surface area contributed by atoms with Gasteiger partial charge in [-0.25, -0.2) is 0 Å². The highest BCUT2D eigenvalue weighted by Crippen LogP contribution is 2.42. The SMILES string of the molecule is COc1cc(O)c(-c2ccccc2N(C=O)Cc2ccccc2)cc1OC. The van der Waals surface area contributed by atoms with Crippen molar-refractivity contribution in [3.8, 4) is 28.4 Å². The van der Waals surface area contributed by atoms with Crippen molar-refractivity contribution in [1.29, 1.82) is 0 Å². The van der Waals surface area contributed by atoms with E-state index in [2.05, 4.69) is 0 Å². The highest BCUT2D eigenvalue weighted by Gasteiger charge is 2.17. The number of para-hydroxylation sites is 1. The first kappa shape index (κ1) is 18.3. The number of hydrogen-bond donors (Lipinski definition) is 1. The van der Waals surface area contributed by atoms with E-state index in [0.29, 0.717) is 29.3 Å². The summed E-state index contributed by atoms with van der Waals surface area (Å²) >= 11 is 0. The van der Waals surface area contributed by atoms with Gasteiger partial charge in [-0.1, -0.05) is 48.5 Å². The van der Waals surface area contributed by atoms with Gasteiger partial charge in [-0.3, -0.25) is 4.79 Å². The molecule has 0 radical (unpaired) electrons. The number of hydrogen-bond acceptors (Lipinski definition) is 4. The predicted octanol–water partition coefficient (Wildman–Crippen LogP) is 4.24. The van der Waals surface area contributed by atoms with Crippen LogP contribution in [0.2, 0.25) is 0 Å². The van der Waals surface area contributed by atoms with Crippen LogP contribution in [0.4, 0.5) is 5.69 Å². The Morgan fingerprint density at radius 3 is 2.19 bits per heavy atom. The fraction of sp³-hybridized carbons (Fsp3) is 0.136. The van der Waals surface area contributed by atoms with Crippen molar-refractivity contribution >= 4 is 12.1 Å². The van der Waals surface area contributed by atoms with Crippen molar-refractivity contribution in [2.45, 2.75) is 6.54 Å². The summed E-state index contributed by atoms with van der Waals surface area (Å²) in [5.41, 5.74) is 2.98. The molecule has 0 fully saturated rings. The largest absolute Gasteiger partial charge is 0.507 e. The number of benzene rings is 3. The summed E-state index contributed by atoms with van der Waals surface area (Å²) in [4.78, 5) is 13.4. The maximum Gasteiger partial charge on any atom is 0.214 e. The van der Waals surface area contributed by atoms with Gasteiger partial charge in [-0.15, -0.1) is 0 Å². The molecule has 5 nitrogen and oxygen atoms in total. The fourth-order valence-corrected chi connectivity index (χ4v) is 3.00. The van der Waals surface area contributed by atoms with Crippen LogP contribution in [0.1, 0.15) is 5.56 Å². The third-order valence-electron chi connectivity index (χ3n) is 4.33. The molecular weight excluding hydrogens is 342 g/mol. The quantitative estimate of drug-likeness (QED) is 0.638. The van der Waals surface area contributed by atoms with Crippen LogP contribution in [0.15, 0.2) is 66.7 Å². The highest BCUT2D eigenvalue weighted by molar-refractivity contribution is 5.89. The van der Waals surface area contributed by atoms with E-state index in [1.807, 2.05) is 54.6 Å². The van der Waals surface area contributed by atoms with Crippen LogP contribution in [0, 0.1) is 0 Å². The predicted molar refractivity (Wildman–Crippen MR) is 105 cm³/mol. The van der Waals surface area contributed by atoms with E-state index in [1.165, 1.54) is 20.3 Å². The van der Waals surface area contributed by atoms with Crippen LogP contribution in [0.5, 0.6) is 17.2 Å². The van der Waals surface area contributed by atoms with Crippen LogP contribution >= 0.6 is 0 Å². The van der Waals surface area contributed by atoms with E-state index >= 15 is 0 Å². The van der Waals surface area contributed by atoms with Gasteiger partial charge in [0.25, 0.3) is 0 Å². The molecule has 0 saturated carbocycles. The van der Waals surface area contributed by atoms with Gasteiger partial charge in [0.2, 0.25) is 6.41 Å². The Bertz CT molecular complexity index is 925. The summed E-state index contributed by atoms with van der Waals surface area (Å²) in [6.45, 7) is 0.426. The third-order valence-corrected chi connectivity index (χ3v) is 4.33. The van der Waals surface area contributed by atoms with Crippen molar-refractivity contribution < 1.29 is 19.4 Å². The zero-order valence-electron chi connectivity index (χ0n) is 15.3. The van der Waals surface area contributed by atoms with Crippen LogP contribution in [0.3, 0.4) is 0 Å². The number of amides is 1. The molecular formula is C22H21NO4. The molecule has 1 amide bonds. The number of phenols is 1. The van der Waals surface area contributed by atoms with E-state index < -0.39 is 0 Å². The van der Waals surface area contributed by atoms with Crippen LogP contribution in [0.25, 0.3) is 11.1 Å². The summed E-state index contributed by atoms with van der Waals surface area (Å²) in [6.07, 6.45) is 0.795. The van der Waals surface area contributed by atoms with Crippen molar-refractivity contribution in [3.63, 3.8) is 0 Å². The van der Waals surface area contributed by atoms with Crippen molar-refractivity contribution in [3.05, 3.63) is 72.3 Å². The average molecular weight is 363 g/mol. The zero-order chi connectivity index (χ0) is 19.2. The van der Waals surface area contributed by atoms with Gasteiger partial charge in [-0.2, -0.15) is 0 Å². The molecule has 0 heterocycles. The molecule has 1 N–H and O–H groups in total. The number of phenolic OH excluding ortho intramolecular Hbond substituents is 1. The van der Waals surface area contributed by atoms with Crippen LogP contribution < -0.4 is 14.4 Å². The zero-order valence-corrected chi connectivity index (χ0v) is 15.3. The standard InChI is InChI=1S/C22H21NO4/c1-26-21-12-18(20(25)13-22(21)27-2)17-10-6-7-11-19(17)23(15-24)14-16-8-4-3-5-9-16/h3-13,15,25H,14H2,1-2H3. The molecule has 0 aliphatic rings. The first-order chi connectivity index (χ1) is 13.2. The van der Waals surface area contributed by atoms with Crippen LogP contribution in [-0.4, -0.2) is 25.7 Å². The van der Waals surface area contributed by atoms with E-state index in [-0.39, 0.29) is 5.75 Å². The number of methoxy groups -OCH3 is 2. The molecule has 0 aromatic heterocycles. The molecule has 0 aliphatic heterocycles. The second-order valence-corrected chi connectivity index (χ2v) is 5.96. The first-order valence-corrected chi connectivity index (χ1v) is 8.48. The maximum atomic E-state index is 11.8. The average Bonchev–Trinajstić information content (AvgIpc) is 2.72. The molecule has 0 saturated heterocycles. The molecule has 0 bridgehead atoms. The smallest absolute Gasteiger partial charge is 0.214 e. The topological polar surface area (TPSA) is 59.0 Å². The van der Waals surface area contributed by atoms with Gasteiger partial charge in [-0.05, 0) is 17.7 Å². The minimum Gasteiger partial charge on any atom is -0.507 e. The van der Waals surface area contributed by atoms with E-state index in [1.54, 1.807) is 11.0 Å². The summed E-state index contributed by atoms with van der Waals surface area (Å²) in [6, 6.07) is 20.4. The van der Waals surface area contributed by atoms with Crippen molar-refractivity contribution in [1.82, 2.24) is 0 Å². The van der Waals surface area contributed by atoms with E-state index in [9.17, 15) is 9.90 Å². The minimum atomic E-state index is 0.0469. The number of nitrogens with zero attached hydrogens (tertiary/aromatic N) is 1. The lowest BCUT2D eigenvalue weighted by molar-refractivity contribution is -0.107. The van der Waals surface area contributed by atoms with Gasteiger partial charge >= 0.3 is 0 Å². The molecule has 27 heavy (non-hydrogen) atoms. The second-order valence-electron chi connectivity index (χ2n) is 5.96. The third kappa shape index (κ3) is 3.87. The summed E-state index contributed by atoms with van der Waals surface area (Å²) in [7, 11) is 3.05. The van der Waals surface area contributed by atoms with Gasteiger partial charge in [0.1, 0.15) is 5.75 Å². The lowest BCUT2D eigenvalue weighted by Gasteiger charge is -2.22. The minimum absolute atomic E-state index is 0.0469. The maximum absolute atomic E-state index is 11.8. The van der Waals surface area contributed by atoms with E-state index in [4.69, 9.17) is 9.47 Å². The lowest BCUT2D eigenvalue weighted by atomic mass is 10.0. The van der Waals surface area contributed by atoms with Gasteiger partial charge < -0.3 is 19.5 Å². The summed E-state index contributed by atoms with van der Waals surface area (Å²) in [5, 5.41) is 10.5. The summed E-state index contributed by atoms with van der Waals surface area (Å²) < 4.78 is 10.6. The Balaban J connectivity index is 2.07. The fourth-order valence-electron chi connectivity index (χ4n) is 3.00. The first-order valence-electron chi connectivity index (χ1n) is 8.48. The lowest BCUT2D eigenvalue weighted by Crippen LogP contribution is -2.21. The molecule has 3 rings (SSSR count). The molecule has 3 aromatic rings. The van der Waals surface area contributed by atoms with Gasteiger partial charge in [0, 0.05) is 17.2 Å². The Morgan fingerprint density at radius 2 is 1.52 bits per heavy atom.